The largest absolute Gasteiger partial charge is 0.244 e. The van der Waals surface area contributed by atoms with Crippen LogP contribution in [0.15, 0.2) is 41.8 Å². The van der Waals surface area contributed by atoms with Crippen molar-refractivity contribution in [1.82, 2.24) is 4.31 Å². The maximum absolute atomic E-state index is 12.4. The highest BCUT2D eigenvalue weighted by atomic mass is 32.2. The van der Waals surface area contributed by atoms with E-state index in [-0.39, 0.29) is 11.4 Å². The van der Waals surface area contributed by atoms with Gasteiger partial charge in [0, 0.05) is 6.54 Å². The van der Waals surface area contributed by atoms with Gasteiger partial charge in [-0.2, -0.15) is 4.31 Å². The lowest BCUT2D eigenvalue weighted by Crippen LogP contribution is -2.37. The molecule has 0 bridgehead atoms. The summed E-state index contributed by atoms with van der Waals surface area (Å²) in [6.45, 7) is 7.34. The molecule has 1 unspecified atom stereocenters. The van der Waals surface area contributed by atoms with Crippen LogP contribution < -0.4 is 0 Å². The van der Waals surface area contributed by atoms with Gasteiger partial charge >= 0.3 is 0 Å². The Hall–Kier alpha value is -1.57. The van der Waals surface area contributed by atoms with Crippen molar-refractivity contribution in [1.29, 1.82) is 0 Å². The van der Waals surface area contributed by atoms with Gasteiger partial charge < -0.3 is 0 Å². The van der Waals surface area contributed by atoms with Gasteiger partial charge in [-0.05, 0) is 26.0 Å². The van der Waals surface area contributed by atoms with Gasteiger partial charge in [-0.1, -0.05) is 29.7 Å². The maximum atomic E-state index is 12.4. The molecule has 0 saturated carbocycles. The Morgan fingerprint density at radius 3 is 2.44 bits per heavy atom. The predicted molar refractivity (Wildman–Crippen MR) is 73.6 cm³/mol. The minimum Gasteiger partial charge on any atom is -0.207 e. The quantitative estimate of drug-likeness (QED) is 0.603. The molecular formula is C14H17NO2S. The molecule has 1 atom stereocenters. The number of rotatable bonds is 5. The first-order chi connectivity index (χ1) is 8.43. The third kappa shape index (κ3) is 3.00. The molecule has 0 aliphatic carbocycles. The van der Waals surface area contributed by atoms with E-state index in [0.29, 0.717) is 0 Å². The Labute approximate surface area is 109 Å². The average Bonchev–Trinajstić information content (AvgIpc) is 2.35. The van der Waals surface area contributed by atoms with Gasteiger partial charge in [0.15, 0.2) is 0 Å². The minimum absolute atomic E-state index is 0.196. The van der Waals surface area contributed by atoms with E-state index in [1.54, 1.807) is 31.2 Å². The summed E-state index contributed by atoms with van der Waals surface area (Å²) in [6, 6.07) is 6.20. The summed E-state index contributed by atoms with van der Waals surface area (Å²) in [5.41, 5.74) is 1.01. The zero-order valence-electron chi connectivity index (χ0n) is 10.6. The zero-order chi connectivity index (χ0) is 13.8. The standard InChI is InChI=1S/C14H17NO2S/c1-5-11-15(13(4)6-2)18(16,17)14-9-7-12(3)8-10-14/h2,5,7-10,13H,1,11H2,3-4H3. The van der Waals surface area contributed by atoms with Crippen molar-refractivity contribution in [2.45, 2.75) is 24.8 Å². The van der Waals surface area contributed by atoms with Crippen LogP contribution >= 0.6 is 0 Å². The highest BCUT2D eigenvalue weighted by Gasteiger charge is 2.26. The molecule has 96 valence electrons. The molecule has 0 amide bonds. The molecular weight excluding hydrogens is 246 g/mol. The van der Waals surface area contributed by atoms with Crippen molar-refractivity contribution < 1.29 is 8.42 Å². The highest BCUT2D eigenvalue weighted by Crippen LogP contribution is 2.18. The summed E-state index contributed by atoms with van der Waals surface area (Å²) in [4.78, 5) is 0.247. The number of terminal acetylenes is 1. The van der Waals surface area contributed by atoms with E-state index in [4.69, 9.17) is 6.42 Å². The molecule has 18 heavy (non-hydrogen) atoms. The van der Waals surface area contributed by atoms with Gasteiger partial charge in [0.05, 0.1) is 10.9 Å². The molecule has 0 heterocycles. The first kappa shape index (κ1) is 14.5. The lowest BCUT2D eigenvalue weighted by atomic mass is 10.2. The molecule has 0 saturated heterocycles. The monoisotopic (exact) mass is 263 g/mol. The van der Waals surface area contributed by atoms with Crippen LogP contribution in [0.4, 0.5) is 0 Å². The van der Waals surface area contributed by atoms with Gasteiger partial charge in [-0.15, -0.1) is 13.0 Å². The van der Waals surface area contributed by atoms with Gasteiger partial charge in [-0.3, -0.25) is 0 Å². The first-order valence-electron chi connectivity index (χ1n) is 5.59. The Morgan fingerprint density at radius 1 is 1.44 bits per heavy atom. The molecule has 0 aromatic heterocycles. The van der Waals surface area contributed by atoms with Gasteiger partial charge in [-0.25, -0.2) is 8.42 Å². The van der Waals surface area contributed by atoms with Gasteiger partial charge in [0.1, 0.15) is 0 Å². The number of benzene rings is 1. The molecule has 0 spiro atoms. The van der Waals surface area contributed by atoms with Crippen molar-refractivity contribution in [2.24, 2.45) is 0 Å². The molecule has 3 nitrogen and oxygen atoms in total. The zero-order valence-corrected chi connectivity index (χ0v) is 11.4. The Morgan fingerprint density at radius 2 is 2.00 bits per heavy atom. The Bertz CT molecular complexity index is 552. The van der Waals surface area contributed by atoms with E-state index in [2.05, 4.69) is 12.5 Å². The number of nitrogens with zero attached hydrogens (tertiary/aromatic N) is 1. The molecule has 0 N–H and O–H groups in total. The van der Waals surface area contributed by atoms with Crippen molar-refractivity contribution in [3.05, 3.63) is 42.5 Å². The van der Waals surface area contributed by atoms with Crippen LogP contribution in [-0.2, 0) is 10.0 Å². The summed E-state index contributed by atoms with van der Waals surface area (Å²) in [6.07, 6.45) is 6.84. The molecule has 4 heteroatoms. The van der Waals surface area contributed by atoms with Crippen LogP contribution in [0.3, 0.4) is 0 Å². The summed E-state index contributed by atoms with van der Waals surface area (Å²) in [5.74, 6) is 2.44. The smallest absolute Gasteiger partial charge is 0.207 e. The highest BCUT2D eigenvalue weighted by molar-refractivity contribution is 7.89. The molecule has 1 aromatic rings. The van der Waals surface area contributed by atoms with Crippen LogP contribution in [-0.4, -0.2) is 25.3 Å². The van der Waals surface area contributed by atoms with E-state index < -0.39 is 16.1 Å². The fourth-order valence-corrected chi connectivity index (χ4v) is 3.05. The van der Waals surface area contributed by atoms with E-state index in [9.17, 15) is 8.42 Å². The molecule has 0 radical (unpaired) electrons. The summed E-state index contributed by atoms with van der Waals surface area (Å²) >= 11 is 0. The topological polar surface area (TPSA) is 37.4 Å². The van der Waals surface area contributed by atoms with E-state index in [1.165, 1.54) is 10.4 Å². The van der Waals surface area contributed by atoms with Gasteiger partial charge in [0.2, 0.25) is 10.0 Å². The van der Waals surface area contributed by atoms with Crippen molar-refractivity contribution >= 4 is 10.0 Å². The second-order valence-corrected chi connectivity index (χ2v) is 5.91. The van der Waals surface area contributed by atoms with Crippen molar-refractivity contribution in [3.63, 3.8) is 0 Å². The van der Waals surface area contributed by atoms with Crippen LogP contribution in [0, 0.1) is 19.3 Å². The minimum atomic E-state index is -3.57. The second kappa shape index (κ2) is 5.85. The Balaban J connectivity index is 3.21. The summed E-state index contributed by atoms with van der Waals surface area (Å²) < 4.78 is 26.1. The normalized spacial score (nSPS) is 13.0. The lowest BCUT2D eigenvalue weighted by molar-refractivity contribution is 0.416. The molecule has 1 rings (SSSR count). The van der Waals surface area contributed by atoms with Crippen molar-refractivity contribution in [3.8, 4) is 12.3 Å². The fraction of sp³-hybridized carbons (Fsp3) is 0.286. The van der Waals surface area contributed by atoms with E-state index in [0.717, 1.165) is 5.56 Å². The molecule has 0 aliphatic rings. The molecule has 0 aliphatic heterocycles. The Kier molecular flexibility index (Phi) is 4.71. The maximum Gasteiger partial charge on any atom is 0.244 e. The van der Waals surface area contributed by atoms with E-state index in [1.807, 2.05) is 6.92 Å². The van der Waals surface area contributed by atoms with Crippen molar-refractivity contribution in [2.75, 3.05) is 6.54 Å². The van der Waals surface area contributed by atoms with Crippen LogP contribution in [0.2, 0.25) is 0 Å². The first-order valence-corrected chi connectivity index (χ1v) is 7.03. The van der Waals surface area contributed by atoms with E-state index >= 15 is 0 Å². The fourth-order valence-electron chi connectivity index (χ4n) is 1.52. The van der Waals surface area contributed by atoms with Crippen LogP contribution in [0.1, 0.15) is 12.5 Å². The van der Waals surface area contributed by atoms with Crippen LogP contribution in [0.5, 0.6) is 0 Å². The molecule has 1 aromatic carbocycles. The van der Waals surface area contributed by atoms with Gasteiger partial charge in [0.25, 0.3) is 0 Å². The number of aryl methyl sites for hydroxylation is 1. The lowest BCUT2D eigenvalue weighted by Gasteiger charge is -2.23. The third-order valence-corrected chi connectivity index (χ3v) is 4.56. The number of sulfonamides is 1. The summed E-state index contributed by atoms with van der Waals surface area (Å²) in [5, 5.41) is 0. The SMILES string of the molecule is C#CC(C)N(CC=C)S(=O)(=O)c1ccc(C)cc1. The summed E-state index contributed by atoms with van der Waals surface area (Å²) in [7, 11) is -3.57. The van der Waals surface area contributed by atoms with Crippen LogP contribution in [0.25, 0.3) is 0 Å². The molecule has 0 fully saturated rings. The predicted octanol–water partition coefficient (Wildman–Crippen LogP) is 2.19. The second-order valence-electron chi connectivity index (χ2n) is 4.02. The number of hydrogen-bond donors (Lipinski definition) is 0. The average molecular weight is 263 g/mol. The number of hydrogen-bond acceptors (Lipinski definition) is 2. The third-order valence-electron chi connectivity index (χ3n) is 2.61.